The van der Waals surface area contributed by atoms with Crippen LogP contribution < -0.4 is 9.64 Å². The van der Waals surface area contributed by atoms with Crippen molar-refractivity contribution in [3.63, 3.8) is 0 Å². The predicted octanol–water partition coefficient (Wildman–Crippen LogP) is 4.91. The molecule has 34 heavy (non-hydrogen) atoms. The van der Waals surface area contributed by atoms with Crippen molar-refractivity contribution in [2.45, 2.75) is 26.0 Å². The normalized spacial score (nSPS) is 17.5. The number of likely N-dealkylation sites (tertiary alicyclic amines) is 1. The van der Waals surface area contributed by atoms with Crippen molar-refractivity contribution in [3.05, 3.63) is 63.1 Å². The molecule has 1 aliphatic heterocycles. The van der Waals surface area contributed by atoms with E-state index in [1.54, 1.807) is 0 Å². The molecule has 182 valence electrons. The Morgan fingerprint density at radius 2 is 1.79 bits per heavy atom. The molecule has 1 heterocycles. The number of carbonyl (C=O) groups is 2. The number of nitrogens with zero attached hydrogens (tertiary/aromatic N) is 2. The molecular weight excluding hydrogens is 479 g/mol. The van der Waals surface area contributed by atoms with Gasteiger partial charge >= 0.3 is 0 Å². The summed E-state index contributed by atoms with van der Waals surface area (Å²) in [5.41, 5.74) is 1.69. The van der Waals surface area contributed by atoms with E-state index in [4.69, 9.17) is 32.7 Å². The lowest BCUT2D eigenvalue weighted by Gasteiger charge is -2.26. The average Bonchev–Trinajstić information content (AvgIpc) is 3.03. The number of ether oxygens (including phenoxy) is 2. The van der Waals surface area contributed by atoms with Crippen molar-refractivity contribution in [3.8, 4) is 5.75 Å². The first kappa shape index (κ1) is 25.9. The average molecular weight is 507 g/mol. The Kier molecular flexibility index (Phi) is 8.13. The van der Waals surface area contributed by atoms with Crippen LogP contribution in [0, 0.1) is 0 Å². The molecule has 1 saturated heterocycles. The summed E-state index contributed by atoms with van der Waals surface area (Å²) in [5.74, 6) is -1.78. The highest BCUT2D eigenvalue weighted by molar-refractivity contribution is 6.46. The number of carbonyl (C=O) groups excluding carboxylic acids is 2. The van der Waals surface area contributed by atoms with Gasteiger partial charge in [0.15, 0.2) is 0 Å². The Morgan fingerprint density at radius 3 is 2.35 bits per heavy atom. The molecule has 1 fully saturated rings. The van der Waals surface area contributed by atoms with Gasteiger partial charge in [0.05, 0.1) is 42.0 Å². The molecule has 2 aromatic carbocycles. The van der Waals surface area contributed by atoms with Gasteiger partial charge in [-0.3, -0.25) is 9.59 Å². The van der Waals surface area contributed by atoms with Gasteiger partial charge in [-0.25, -0.2) is 0 Å². The number of aliphatic hydroxyl groups excluding tert-OH is 1. The van der Waals surface area contributed by atoms with Crippen LogP contribution in [-0.2, 0) is 14.3 Å². The third kappa shape index (κ3) is 5.17. The number of aliphatic hydroxyl groups is 1. The Labute approximate surface area is 209 Å². The standard InChI is InChI=1S/C25H28Cl2N2O5/c1-14(2)34-11-10-29-21(15-6-8-17(9-7-15)28(3)4)20(23(31)25(29)32)22(30)18-12-16(26)13-19(27)24(18)33-5/h6-9,12-14,21,30H,10-11H2,1-5H3/b22-20+. The Balaban J connectivity index is 2.19. The highest BCUT2D eigenvalue weighted by atomic mass is 35.5. The molecule has 1 aliphatic rings. The number of amides is 1. The Morgan fingerprint density at radius 1 is 1.15 bits per heavy atom. The molecule has 0 aliphatic carbocycles. The maximum absolute atomic E-state index is 13.2. The first-order chi connectivity index (χ1) is 16.1. The first-order valence-electron chi connectivity index (χ1n) is 10.8. The SMILES string of the molecule is COc1c(Cl)cc(Cl)cc1/C(O)=C1\C(=O)C(=O)N(CCOC(C)C)C1c1ccc(N(C)C)cc1. The van der Waals surface area contributed by atoms with Crippen LogP contribution in [0.4, 0.5) is 5.69 Å². The summed E-state index contributed by atoms with van der Waals surface area (Å²) in [5, 5.41) is 11.7. The Hall–Kier alpha value is -2.74. The molecule has 0 saturated carbocycles. The van der Waals surface area contributed by atoms with Crippen molar-refractivity contribution in [2.24, 2.45) is 0 Å². The summed E-state index contributed by atoms with van der Waals surface area (Å²) in [4.78, 5) is 29.6. The molecule has 0 aromatic heterocycles. The van der Waals surface area contributed by atoms with Gasteiger partial charge < -0.3 is 24.4 Å². The van der Waals surface area contributed by atoms with Crippen LogP contribution in [0.15, 0.2) is 42.0 Å². The fourth-order valence-corrected chi connectivity index (χ4v) is 4.46. The first-order valence-corrected chi connectivity index (χ1v) is 11.5. The zero-order valence-electron chi connectivity index (χ0n) is 19.8. The van der Waals surface area contributed by atoms with Crippen LogP contribution in [0.25, 0.3) is 5.76 Å². The number of rotatable bonds is 8. The van der Waals surface area contributed by atoms with Crippen molar-refractivity contribution < 1.29 is 24.2 Å². The molecule has 1 N–H and O–H groups in total. The van der Waals surface area contributed by atoms with Crippen LogP contribution in [0.3, 0.4) is 0 Å². The number of anilines is 1. The lowest BCUT2D eigenvalue weighted by atomic mass is 9.94. The molecule has 0 radical (unpaired) electrons. The minimum Gasteiger partial charge on any atom is -0.507 e. The number of hydrogen-bond donors (Lipinski definition) is 1. The van der Waals surface area contributed by atoms with Gasteiger partial charge in [0, 0.05) is 31.4 Å². The largest absolute Gasteiger partial charge is 0.507 e. The van der Waals surface area contributed by atoms with Gasteiger partial charge in [0.1, 0.15) is 11.5 Å². The lowest BCUT2D eigenvalue weighted by Crippen LogP contribution is -2.33. The van der Waals surface area contributed by atoms with E-state index in [0.29, 0.717) is 5.56 Å². The van der Waals surface area contributed by atoms with Gasteiger partial charge in [-0.05, 0) is 43.7 Å². The smallest absolute Gasteiger partial charge is 0.295 e. The number of hydrogen-bond acceptors (Lipinski definition) is 6. The van der Waals surface area contributed by atoms with E-state index in [9.17, 15) is 14.7 Å². The third-order valence-corrected chi connectivity index (χ3v) is 6.02. The summed E-state index contributed by atoms with van der Waals surface area (Å²) in [6.45, 7) is 4.19. The van der Waals surface area contributed by atoms with Crippen LogP contribution >= 0.6 is 23.2 Å². The van der Waals surface area contributed by atoms with E-state index >= 15 is 0 Å². The van der Waals surface area contributed by atoms with Gasteiger partial charge in [0.25, 0.3) is 11.7 Å². The fourth-order valence-electron chi connectivity index (χ4n) is 3.89. The highest BCUT2D eigenvalue weighted by Gasteiger charge is 2.46. The fraction of sp³-hybridized carbons (Fsp3) is 0.360. The number of halogens is 2. The molecule has 3 rings (SSSR count). The molecule has 1 unspecified atom stereocenters. The van der Waals surface area contributed by atoms with E-state index in [-0.39, 0.29) is 46.2 Å². The molecule has 9 heteroatoms. The molecule has 1 atom stereocenters. The number of ketones is 1. The van der Waals surface area contributed by atoms with E-state index in [2.05, 4.69) is 0 Å². The molecule has 0 spiro atoms. The van der Waals surface area contributed by atoms with E-state index in [1.807, 2.05) is 57.1 Å². The van der Waals surface area contributed by atoms with E-state index in [0.717, 1.165) is 5.69 Å². The maximum atomic E-state index is 13.2. The van der Waals surface area contributed by atoms with Crippen molar-refractivity contribution in [1.82, 2.24) is 4.90 Å². The zero-order chi connectivity index (χ0) is 25.2. The highest BCUT2D eigenvalue weighted by Crippen LogP contribution is 2.43. The van der Waals surface area contributed by atoms with Gasteiger partial charge in [-0.2, -0.15) is 0 Å². The summed E-state index contributed by atoms with van der Waals surface area (Å²) in [6, 6.07) is 9.53. The number of benzene rings is 2. The predicted molar refractivity (Wildman–Crippen MR) is 134 cm³/mol. The monoisotopic (exact) mass is 506 g/mol. The van der Waals surface area contributed by atoms with Crippen molar-refractivity contribution in [2.75, 3.05) is 39.3 Å². The van der Waals surface area contributed by atoms with Gasteiger partial charge in [0.2, 0.25) is 0 Å². The molecule has 2 aromatic rings. The van der Waals surface area contributed by atoms with Crippen molar-refractivity contribution in [1.29, 1.82) is 0 Å². The second-order valence-electron chi connectivity index (χ2n) is 8.37. The second kappa shape index (κ2) is 10.7. The van der Waals surface area contributed by atoms with Crippen molar-refractivity contribution >= 4 is 46.3 Å². The summed E-state index contributed by atoms with van der Waals surface area (Å²) >= 11 is 12.4. The summed E-state index contributed by atoms with van der Waals surface area (Å²) in [6.07, 6.45) is -0.0347. The molecular formula is C25H28Cl2N2O5. The minimum absolute atomic E-state index is 0.0347. The number of Topliss-reactive ketones (excluding diaryl/α,β-unsaturated/α-hetero) is 1. The lowest BCUT2D eigenvalue weighted by molar-refractivity contribution is -0.140. The van der Waals surface area contributed by atoms with Crippen LogP contribution in [0.2, 0.25) is 10.0 Å². The van der Waals surface area contributed by atoms with E-state index in [1.165, 1.54) is 24.1 Å². The van der Waals surface area contributed by atoms with Crippen LogP contribution in [0.5, 0.6) is 5.75 Å². The van der Waals surface area contributed by atoms with Crippen LogP contribution in [0.1, 0.15) is 31.0 Å². The maximum Gasteiger partial charge on any atom is 0.295 e. The minimum atomic E-state index is -0.825. The third-order valence-electron chi connectivity index (χ3n) is 5.52. The topological polar surface area (TPSA) is 79.3 Å². The van der Waals surface area contributed by atoms with Gasteiger partial charge in [-0.15, -0.1) is 0 Å². The molecule has 0 bridgehead atoms. The van der Waals surface area contributed by atoms with E-state index < -0.39 is 23.5 Å². The quantitative estimate of drug-likeness (QED) is 0.311. The van der Waals surface area contributed by atoms with Gasteiger partial charge in [-0.1, -0.05) is 35.3 Å². The molecule has 7 nitrogen and oxygen atoms in total. The Bertz CT molecular complexity index is 1110. The zero-order valence-corrected chi connectivity index (χ0v) is 21.3. The van der Waals surface area contributed by atoms with Crippen LogP contribution in [-0.4, -0.2) is 62.2 Å². The summed E-state index contributed by atoms with van der Waals surface area (Å²) < 4.78 is 11.0. The summed E-state index contributed by atoms with van der Waals surface area (Å²) in [7, 11) is 5.23. The second-order valence-corrected chi connectivity index (χ2v) is 9.21. The number of methoxy groups -OCH3 is 1. The molecule has 1 amide bonds.